The summed E-state index contributed by atoms with van der Waals surface area (Å²) in [6.45, 7) is 1.54. The highest BCUT2D eigenvalue weighted by molar-refractivity contribution is 9.11. The summed E-state index contributed by atoms with van der Waals surface area (Å²) in [5.74, 6) is 0.0739. The van der Waals surface area contributed by atoms with Gasteiger partial charge >= 0.3 is 0 Å². The third-order valence-electron chi connectivity index (χ3n) is 1.74. The molecule has 14 heavy (non-hydrogen) atoms. The number of rotatable bonds is 5. The summed E-state index contributed by atoms with van der Waals surface area (Å²) >= 11 is 5.11. The number of thiophene rings is 1. The van der Waals surface area contributed by atoms with Gasteiger partial charge in [-0.05, 0) is 28.1 Å². The van der Waals surface area contributed by atoms with E-state index in [1.54, 1.807) is 18.4 Å². The highest BCUT2D eigenvalue weighted by Gasteiger charge is 1.99. The van der Waals surface area contributed by atoms with Gasteiger partial charge in [0.05, 0.1) is 3.79 Å². The smallest absolute Gasteiger partial charge is 0.221 e. The summed E-state index contributed by atoms with van der Waals surface area (Å²) in [5, 5.41) is 5.79. The average Bonchev–Trinajstić information content (AvgIpc) is 2.58. The summed E-state index contributed by atoms with van der Waals surface area (Å²) in [6.07, 6.45) is 0.531. The number of carbonyl (C=O) groups excluding carboxylic acids is 1. The Morgan fingerprint density at radius 2 is 2.36 bits per heavy atom. The summed E-state index contributed by atoms with van der Waals surface area (Å²) in [6, 6.07) is 4.10. The molecule has 1 aromatic heterocycles. The third kappa shape index (κ3) is 4.21. The molecule has 1 aromatic rings. The second-order valence-corrected chi connectivity index (χ2v) is 5.35. The van der Waals surface area contributed by atoms with Gasteiger partial charge in [0.25, 0.3) is 0 Å². The van der Waals surface area contributed by atoms with Crippen LogP contribution < -0.4 is 10.6 Å². The summed E-state index contributed by atoms with van der Waals surface area (Å²) < 4.78 is 1.14. The van der Waals surface area contributed by atoms with Crippen molar-refractivity contribution < 1.29 is 4.79 Å². The lowest BCUT2D eigenvalue weighted by Crippen LogP contribution is -2.24. The Kier molecular flexibility index (Phi) is 5.14. The lowest BCUT2D eigenvalue weighted by Gasteiger charge is -2.01. The van der Waals surface area contributed by atoms with Crippen LogP contribution >= 0.6 is 27.3 Å². The Bertz CT molecular complexity index is 301. The minimum absolute atomic E-state index is 0.0739. The van der Waals surface area contributed by atoms with Crippen LogP contribution in [0.4, 0.5) is 0 Å². The highest BCUT2D eigenvalue weighted by Crippen LogP contribution is 2.21. The largest absolute Gasteiger partial charge is 0.359 e. The van der Waals surface area contributed by atoms with Gasteiger partial charge in [0, 0.05) is 31.4 Å². The van der Waals surface area contributed by atoms with Gasteiger partial charge in [0.2, 0.25) is 5.91 Å². The van der Waals surface area contributed by atoms with Crippen molar-refractivity contribution >= 4 is 33.2 Å². The minimum Gasteiger partial charge on any atom is -0.359 e. The lowest BCUT2D eigenvalue weighted by molar-refractivity contribution is -0.120. The second kappa shape index (κ2) is 6.16. The second-order valence-electron chi connectivity index (χ2n) is 2.81. The maximum atomic E-state index is 10.9. The van der Waals surface area contributed by atoms with Gasteiger partial charge in [-0.2, -0.15) is 0 Å². The number of amides is 1. The van der Waals surface area contributed by atoms with Crippen LogP contribution in [0.1, 0.15) is 11.3 Å². The Morgan fingerprint density at radius 1 is 1.57 bits per heavy atom. The van der Waals surface area contributed by atoms with Crippen LogP contribution in [-0.4, -0.2) is 19.5 Å². The summed E-state index contributed by atoms with van der Waals surface area (Å²) in [4.78, 5) is 12.1. The van der Waals surface area contributed by atoms with Gasteiger partial charge in [-0.25, -0.2) is 0 Å². The normalized spacial score (nSPS) is 10.1. The molecule has 0 aliphatic carbocycles. The van der Waals surface area contributed by atoms with E-state index in [4.69, 9.17) is 0 Å². The molecule has 0 radical (unpaired) electrons. The monoisotopic (exact) mass is 276 g/mol. The molecular weight excluding hydrogens is 264 g/mol. The predicted octanol–water partition coefficient (Wildman–Crippen LogP) is 1.74. The number of halogens is 1. The number of hydrogen-bond acceptors (Lipinski definition) is 3. The van der Waals surface area contributed by atoms with Crippen molar-refractivity contribution in [3.05, 3.63) is 20.8 Å². The van der Waals surface area contributed by atoms with E-state index in [1.807, 2.05) is 6.07 Å². The van der Waals surface area contributed by atoms with Crippen molar-refractivity contribution in [2.45, 2.75) is 13.0 Å². The van der Waals surface area contributed by atoms with Crippen LogP contribution in [0.5, 0.6) is 0 Å². The number of nitrogens with one attached hydrogen (secondary N) is 2. The fourth-order valence-corrected chi connectivity index (χ4v) is 2.44. The molecule has 0 spiro atoms. The molecule has 0 aromatic carbocycles. The molecule has 2 N–H and O–H groups in total. The van der Waals surface area contributed by atoms with Gasteiger partial charge < -0.3 is 10.6 Å². The molecule has 0 aliphatic heterocycles. The molecule has 1 amide bonds. The van der Waals surface area contributed by atoms with Crippen LogP contribution in [0.2, 0.25) is 0 Å². The molecule has 0 saturated heterocycles. The van der Waals surface area contributed by atoms with E-state index < -0.39 is 0 Å². The van der Waals surface area contributed by atoms with Crippen molar-refractivity contribution in [3.63, 3.8) is 0 Å². The molecule has 78 valence electrons. The Morgan fingerprint density at radius 3 is 2.93 bits per heavy atom. The average molecular weight is 277 g/mol. The van der Waals surface area contributed by atoms with E-state index in [0.717, 1.165) is 16.9 Å². The van der Waals surface area contributed by atoms with Crippen LogP contribution in [-0.2, 0) is 11.3 Å². The van der Waals surface area contributed by atoms with Gasteiger partial charge in [-0.15, -0.1) is 11.3 Å². The molecule has 0 atom stereocenters. The first-order valence-electron chi connectivity index (χ1n) is 4.38. The van der Waals surface area contributed by atoms with Gasteiger partial charge in [-0.1, -0.05) is 0 Å². The maximum absolute atomic E-state index is 10.9. The van der Waals surface area contributed by atoms with Crippen LogP contribution in [0.15, 0.2) is 15.9 Å². The predicted molar refractivity (Wildman–Crippen MR) is 62.4 cm³/mol. The number of hydrogen-bond donors (Lipinski definition) is 2. The van der Waals surface area contributed by atoms with Crippen molar-refractivity contribution in [2.75, 3.05) is 13.6 Å². The summed E-state index contributed by atoms with van der Waals surface area (Å²) in [7, 11) is 1.65. The zero-order valence-electron chi connectivity index (χ0n) is 7.97. The molecule has 1 heterocycles. The third-order valence-corrected chi connectivity index (χ3v) is 3.36. The fraction of sp³-hybridized carbons (Fsp3) is 0.444. The highest BCUT2D eigenvalue weighted by atomic mass is 79.9. The first kappa shape index (κ1) is 11.7. The van der Waals surface area contributed by atoms with Crippen molar-refractivity contribution in [3.8, 4) is 0 Å². The summed E-state index contributed by atoms with van der Waals surface area (Å²) in [5.41, 5.74) is 0. The number of carbonyl (C=O) groups is 1. The zero-order chi connectivity index (χ0) is 10.4. The fourth-order valence-electron chi connectivity index (χ4n) is 0.985. The van der Waals surface area contributed by atoms with Crippen molar-refractivity contribution in [1.82, 2.24) is 10.6 Å². The van der Waals surface area contributed by atoms with Crippen LogP contribution in [0, 0.1) is 0 Å². The van der Waals surface area contributed by atoms with Crippen molar-refractivity contribution in [2.24, 2.45) is 0 Å². The van der Waals surface area contributed by atoms with Gasteiger partial charge in [0.15, 0.2) is 0 Å². The topological polar surface area (TPSA) is 41.1 Å². The molecule has 5 heteroatoms. The first-order chi connectivity index (χ1) is 6.72. The van der Waals surface area contributed by atoms with Crippen molar-refractivity contribution in [1.29, 1.82) is 0 Å². The van der Waals surface area contributed by atoms with E-state index >= 15 is 0 Å². The minimum atomic E-state index is 0.0739. The lowest BCUT2D eigenvalue weighted by atomic mass is 10.4. The van der Waals surface area contributed by atoms with Gasteiger partial charge in [-0.3, -0.25) is 4.79 Å². The van der Waals surface area contributed by atoms with Crippen LogP contribution in [0.3, 0.4) is 0 Å². The Labute approximate surface area is 96.0 Å². The van der Waals surface area contributed by atoms with E-state index in [0.29, 0.717) is 6.42 Å². The van der Waals surface area contributed by atoms with E-state index in [2.05, 4.69) is 32.6 Å². The van der Waals surface area contributed by atoms with E-state index in [1.165, 1.54) is 4.88 Å². The SMILES string of the molecule is CNC(=O)CCNCc1ccc(Br)s1. The van der Waals surface area contributed by atoms with E-state index in [9.17, 15) is 4.79 Å². The standard InChI is InChI=1S/C9H13BrN2OS/c1-11-9(13)4-5-12-6-7-2-3-8(10)14-7/h2-3,12H,4-6H2,1H3,(H,11,13). The molecular formula is C9H13BrN2OS. The molecule has 0 fully saturated rings. The first-order valence-corrected chi connectivity index (χ1v) is 5.99. The quantitative estimate of drug-likeness (QED) is 0.805. The molecule has 0 unspecified atom stereocenters. The van der Waals surface area contributed by atoms with Crippen LogP contribution in [0.25, 0.3) is 0 Å². The molecule has 0 aliphatic rings. The van der Waals surface area contributed by atoms with Gasteiger partial charge in [0.1, 0.15) is 0 Å². The van der Waals surface area contributed by atoms with E-state index in [-0.39, 0.29) is 5.91 Å². The zero-order valence-corrected chi connectivity index (χ0v) is 10.4. The Hall–Kier alpha value is -0.390. The maximum Gasteiger partial charge on any atom is 0.221 e. The Balaban J connectivity index is 2.13. The molecule has 1 rings (SSSR count). The molecule has 0 bridgehead atoms. The molecule has 0 saturated carbocycles. The molecule has 3 nitrogen and oxygen atoms in total.